The van der Waals surface area contributed by atoms with Crippen molar-refractivity contribution >= 4 is 29.3 Å². The standard InChI is InChI=1S/C29H32N4O4/c34-27(12-6-18-31-26-11-3-4-17-30-26)32-22-15-13-20(14-16-22)19-25(29(36)37)33-28(35)24-10-5-8-21-7-1-2-9-23(21)24/h3-5,8,10-11,13-17,25H,1-2,6-7,9,12,18-19H2,(H,30,31)(H,32,34)(H,33,35)(H,36,37)/t25-/m0/s1. The maximum Gasteiger partial charge on any atom is 0.326 e. The fraction of sp³-hybridized carbons (Fsp3) is 0.310. The number of fused-ring (bicyclic) bond motifs is 1. The molecule has 2 amide bonds. The molecule has 4 N–H and O–H groups in total. The van der Waals surface area contributed by atoms with Gasteiger partial charge in [-0.05, 0) is 79.1 Å². The normalized spacial score (nSPS) is 13.2. The third kappa shape index (κ3) is 7.39. The van der Waals surface area contributed by atoms with E-state index in [0.29, 0.717) is 30.6 Å². The van der Waals surface area contributed by atoms with Crippen LogP contribution in [0.3, 0.4) is 0 Å². The Kier molecular flexibility index (Phi) is 8.86. The smallest absolute Gasteiger partial charge is 0.326 e. The van der Waals surface area contributed by atoms with Gasteiger partial charge in [-0.3, -0.25) is 9.59 Å². The Morgan fingerprint density at radius 2 is 1.76 bits per heavy atom. The van der Waals surface area contributed by atoms with Gasteiger partial charge >= 0.3 is 5.97 Å². The SMILES string of the molecule is O=C(CCCNc1ccccn1)Nc1ccc(C[C@H](NC(=O)c2cccc3c2CCCC3)C(=O)O)cc1. The highest BCUT2D eigenvalue weighted by atomic mass is 16.4. The zero-order valence-electron chi connectivity index (χ0n) is 20.7. The molecule has 0 saturated heterocycles. The number of amides is 2. The summed E-state index contributed by atoms with van der Waals surface area (Å²) < 4.78 is 0. The highest BCUT2D eigenvalue weighted by molar-refractivity contribution is 5.98. The summed E-state index contributed by atoms with van der Waals surface area (Å²) >= 11 is 0. The van der Waals surface area contributed by atoms with E-state index in [4.69, 9.17) is 0 Å². The monoisotopic (exact) mass is 500 g/mol. The summed E-state index contributed by atoms with van der Waals surface area (Å²) in [4.78, 5) is 41.3. The number of nitrogens with zero attached hydrogens (tertiary/aromatic N) is 1. The van der Waals surface area contributed by atoms with Gasteiger partial charge in [-0.25, -0.2) is 9.78 Å². The van der Waals surface area contributed by atoms with Gasteiger partial charge in [0, 0.05) is 36.8 Å². The number of nitrogens with one attached hydrogen (secondary N) is 3. The molecule has 1 aromatic heterocycles. The number of aromatic nitrogens is 1. The lowest BCUT2D eigenvalue weighted by atomic mass is 9.88. The number of carboxylic acid groups (broad SMARTS) is 1. The van der Waals surface area contributed by atoms with Crippen molar-refractivity contribution in [1.82, 2.24) is 10.3 Å². The Labute approximate surface area is 216 Å². The second-order valence-electron chi connectivity index (χ2n) is 9.21. The lowest BCUT2D eigenvalue weighted by Crippen LogP contribution is -2.42. The Morgan fingerprint density at radius 1 is 0.946 bits per heavy atom. The molecular weight excluding hydrogens is 468 g/mol. The molecule has 1 heterocycles. The number of benzene rings is 2. The average molecular weight is 501 g/mol. The molecule has 8 heteroatoms. The average Bonchev–Trinajstić information content (AvgIpc) is 2.92. The molecule has 1 aliphatic rings. The second-order valence-corrected chi connectivity index (χ2v) is 9.21. The van der Waals surface area contributed by atoms with E-state index in [1.807, 2.05) is 30.3 Å². The lowest BCUT2D eigenvalue weighted by molar-refractivity contribution is -0.139. The molecule has 0 saturated carbocycles. The molecule has 0 unspecified atom stereocenters. The minimum Gasteiger partial charge on any atom is -0.480 e. The van der Waals surface area contributed by atoms with Gasteiger partial charge in [0.05, 0.1) is 0 Å². The van der Waals surface area contributed by atoms with Crippen LogP contribution >= 0.6 is 0 Å². The molecule has 0 fully saturated rings. The Hall–Kier alpha value is -4.20. The van der Waals surface area contributed by atoms with Crippen LogP contribution in [0.1, 0.15) is 52.7 Å². The van der Waals surface area contributed by atoms with Crippen LogP contribution in [0.2, 0.25) is 0 Å². The van der Waals surface area contributed by atoms with Gasteiger partial charge in [-0.2, -0.15) is 0 Å². The fourth-order valence-electron chi connectivity index (χ4n) is 4.55. The molecule has 37 heavy (non-hydrogen) atoms. The largest absolute Gasteiger partial charge is 0.480 e. The number of carbonyl (C=O) groups excluding carboxylic acids is 2. The van der Waals surface area contributed by atoms with Crippen LogP contribution in [0.5, 0.6) is 0 Å². The predicted molar refractivity (Wildman–Crippen MR) is 143 cm³/mol. The van der Waals surface area contributed by atoms with Crippen molar-refractivity contribution in [2.24, 2.45) is 0 Å². The number of carbonyl (C=O) groups is 3. The quantitative estimate of drug-likeness (QED) is 0.293. The fourth-order valence-corrected chi connectivity index (χ4v) is 4.55. The Morgan fingerprint density at radius 3 is 2.51 bits per heavy atom. The van der Waals surface area contributed by atoms with Gasteiger partial charge in [-0.15, -0.1) is 0 Å². The molecule has 0 radical (unpaired) electrons. The second kappa shape index (κ2) is 12.7. The van der Waals surface area contributed by atoms with Crippen LogP contribution in [-0.4, -0.2) is 40.5 Å². The van der Waals surface area contributed by atoms with E-state index >= 15 is 0 Å². The summed E-state index contributed by atoms with van der Waals surface area (Å²) in [6.45, 7) is 0.636. The number of pyridine rings is 1. The number of aliphatic carboxylic acids is 1. The summed E-state index contributed by atoms with van der Waals surface area (Å²) in [5.74, 6) is -0.766. The minimum atomic E-state index is -1.09. The first-order valence-corrected chi connectivity index (χ1v) is 12.7. The van der Waals surface area contributed by atoms with E-state index in [1.165, 1.54) is 5.56 Å². The van der Waals surface area contributed by atoms with E-state index in [1.54, 1.807) is 36.5 Å². The molecule has 0 spiro atoms. The zero-order valence-corrected chi connectivity index (χ0v) is 20.7. The van der Waals surface area contributed by atoms with Crippen molar-refractivity contribution < 1.29 is 19.5 Å². The minimum absolute atomic E-state index is 0.0996. The first kappa shape index (κ1) is 25.9. The van der Waals surface area contributed by atoms with Gasteiger partial charge in [0.25, 0.3) is 5.91 Å². The summed E-state index contributed by atoms with van der Waals surface area (Å²) in [6, 6.07) is 17.3. The number of carboxylic acids is 1. The van der Waals surface area contributed by atoms with Crippen LogP contribution in [0.4, 0.5) is 11.5 Å². The first-order chi connectivity index (χ1) is 18.0. The third-order valence-electron chi connectivity index (χ3n) is 6.47. The van der Waals surface area contributed by atoms with E-state index < -0.39 is 12.0 Å². The van der Waals surface area contributed by atoms with Crippen LogP contribution in [-0.2, 0) is 28.9 Å². The summed E-state index contributed by atoms with van der Waals surface area (Å²) in [7, 11) is 0. The van der Waals surface area contributed by atoms with Gasteiger partial charge in [0.2, 0.25) is 5.91 Å². The van der Waals surface area contributed by atoms with Crippen molar-refractivity contribution in [1.29, 1.82) is 0 Å². The number of anilines is 2. The van der Waals surface area contributed by atoms with Crippen molar-refractivity contribution in [3.05, 3.63) is 89.1 Å². The van der Waals surface area contributed by atoms with Crippen molar-refractivity contribution in [3.8, 4) is 0 Å². The molecule has 1 atom stereocenters. The number of hydrogen-bond acceptors (Lipinski definition) is 5. The molecule has 8 nitrogen and oxygen atoms in total. The molecule has 0 aliphatic heterocycles. The topological polar surface area (TPSA) is 120 Å². The van der Waals surface area contributed by atoms with Gasteiger partial charge < -0.3 is 21.1 Å². The van der Waals surface area contributed by atoms with Gasteiger partial charge in [-0.1, -0.05) is 30.3 Å². The van der Waals surface area contributed by atoms with E-state index in [9.17, 15) is 19.5 Å². The summed E-state index contributed by atoms with van der Waals surface area (Å²) in [5.41, 5.74) is 4.16. The maximum atomic E-state index is 13.0. The number of hydrogen-bond donors (Lipinski definition) is 4. The van der Waals surface area contributed by atoms with Crippen LogP contribution in [0.25, 0.3) is 0 Å². The zero-order chi connectivity index (χ0) is 26.0. The van der Waals surface area contributed by atoms with Crippen molar-refractivity contribution in [2.45, 2.75) is 51.0 Å². The molecule has 1 aliphatic carbocycles. The van der Waals surface area contributed by atoms with E-state index in [-0.39, 0.29) is 18.2 Å². The van der Waals surface area contributed by atoms with Crippen LogP contribution < -0.4 is 16.0 Å². The Balaban J connectivity index is 1.27. The summed E-state index contributed by atoms with van der Waals surface area (Å²) in [5, 5.41) is 18.5. The van der Waals surface area contributed by atoms with E-state index in [2.05, 4.69) is 20.9 Å². The predicted octanol–water partition coefficient (Wildman–Crippen LogP) is 4.22. The maximum absolute atomic E-state index is 13.0. The van der Waals surface area contributed by atoms with Gasteiger partial charge in [0.1, 0.15) is 11.9 Å². The highest BCUT2D eigenvalue weighted by Gasteiger charge is 2.24. The van der Waals surface area contributed by atoms with Crippen LogP contribution in [0, 0.1) is 0 Å². The first-order valence-electron chi connectivity index (χ1n) is 12.7. The van der Waals surface area contributed by atoms with Crippen LogP contribution in [0.15, 0.2) is 66.9 Å². The molecule has 3 aromatic rings. The van der Waals surface area contributed by atoms with E-state index in [0.717, 1.165) is 42.6 Å². The molecule has 0 bridgehead atoms. The van der Waals surface area contributed by atoms with Gasteiger partial charge in [0.15, 0.2) is 0 Å². The molecular formula is C29H32N4O4. The molecule has 192 valence electrons. The Bertz CT molecular complexity index is 1230. The highest BCUT2D eigenvalue weighted by Crippen LogP contribution is 2.24. The van der Waals surface area contributed by atoms with Crippen molar-refractivity contribution in [2.75, 3.05) is 17.2 Å². The third-order valence-corrected chi connectivity index (χ3v) is 6.47. The number of aryl methyl sites for hydroxylation is 1. The number of rotatable bonds is 11. The lowest BCUT2D eigenvalue weighted by Gasteiger charge is -2.20. The van der Waals surface area contributed by atoms with Crippen molar-refractivity contribution in [3.63, 3.8) is 0 Å². The molecule has 4 rings (SSSR count). The summed E-state index contributed by atoms with van der Waals surface area (Å²) in [6.07, 6.45) is 6.79. The molecule has 2 aromatic carbocycles.